The van der Waals surface area contributed by atoms with Crippen LogP contribution >= 0.6 is 11.8 Å². The van der Waals surface area contributed by atoms with Gasteiger partial charge in [-0.3, -0.25) is 4.79 Å². The number of carbonyl (C=O) groups is 1. The van der Waals surface area contributed by atoms with Gasteiger partial charge in [-0.1, -0.05) is 48.0 Å². The van der Waals surface area contributed by atoms with Gasteiger partial charge >= 0.3 is 5.51 Å². The number of hydrogen-bond acceptors (Lipinski definition) is 4. The van der Waals surface area contributed by atoms with Crippen molar-refractivity contribution in [3.8, 4) is 0 Å². The lowest BCUT2D eigenvalue weighted by Gasteiger charge is -2.19. The lowest BCUT2D eigenvalue weighted by atomic mass is 10.1. The second-order valence-electron chi connectivity index (χ2n) is 5.55. The maximum Gasteiger partial charge on any atom is 0.445 e. The molecule has 0 unspecified atom stereocenters. The van der Waals surface area contributed by atoms with E-state index in [1.807, 2.05) is 0 Å². The van der Waals surface area contributed by atoms with Crippen LogP contribution in [0.5, 0.6) is 0 Å². The van der Waals surface area contributed by atoms with Gasteiger partial charge < -0.3 is 0 Å². The lowest BCUT2D eigenvalue weighted by molar-refractivity contribution is -0.119. The summed E-state index contributed by atoms with van der Waals surface area (Å²) < 4.78 is 63.6. The van der Waals surface area contributed by atoms with E-state index in [9.17, 15) is 26.4 Å². The third-order valence-corrected chi connectivity index (χ3v) is 5.97. The summed E-state index contributed by atoms with van der Waals surface area (Å²) >= 11 is -0.514. The van der Waals surface area contributed by atoms with Crippen molar-refractivity contribution in [1.82, 2.24) is 4.31 Å². The maximum atomic E-state index is 12.7. The normalized spacial score (nSPS) is 12.7. The Labute approximate surface area is 159 Å². The van der Waals surface area contributed by atoms with E-state index >= 15 is 0 Å². The van der Waals surface area contributed by atoms with Gasteiger partial charge in [0.05, 0.1) is 10.5 Å². The Hall–Kier alpha value is -2.26. The first kappa shape index (κ1) is 21.0. The van der Waals surface area contributed by atoms with Gasteiger partial charge in [0, 0.05) is 7.05 Å². The van der Waals surface area contributed by atoms with E-state index < -0.39 is 33.2 Å². The van der Waals surface area contributed by atoms with Gasteiger partial charge in [-0.2, -0.15) is 13.2 Å². The highest BCUT2D eigenvalue weighted by Crippen LogP contribution is 2.34. The molecule has 0 radical (unpaired) electrons. The number of alkyl halides is 3. The smallest absolute Gasteiger partial charge is 0.268 e. The summed E-state index contributed by atoms with van der Waals surface area (Å²) in [6.07, 6.45) is 0. The van der Waals surface area contributed by atoms with Gasteiger partial charge in [-0.05, 0) is 41.8 Å². The molecule has 0 aliphatic rings. The van der Waals surface area contributed by atoms with Crippen molar-refractivity contribution in [2.75, 3.05) is 7.05 Å². The Morgan fingerprint density at radius 1 is 1.04 bits per heavy atom. The minimum Gasteiger partial charge on any atom is -0.268 e. The number of halogens is 3. The highest BCUT2D eigenvalue weighted by atomic mass is 32.2. The van der Waals surface area contributed by atoms with Crippen LogP contribution in [-0.4, -0.2) is 31.2 Å². The molecule has 0 bridgehead atoms. The molecule has 0 spiro atoms. The number of amides is 1. The molecule has 27 heavy (non-hydrogen) atoms. The van der Waals surface area contributed by atoms with Gasteiger partial charge in [0.15, 0.2) is 0 Å². The second-order valence-corrected chi connectivity index (χ2v) is 8.46. The Kier molecular flexibility index (Phi) is 6.38. The molecule has 0 atom stereocenters. The van der Waals surface area contributed by atoms with Crippen LogP contribution in [-0.2, 0) is 14.8 Å². The molecule has 0 saturated heterocycles. The van der Waals surface area contributed by atoms with E-state index in [4.69, 9.17) is 0 Å². The number of sulfonamides is 1. The zero-order chi connectivity index (χ0) is 20.2. The second kappa shape index (κ2) is 8.18. The van der Waals surface area contributed by atoms with Crippen molar-refractivity contribution in [2.24, 2.45) is 0 Å². The Balaban J connectivity index is 2.43. The third kappa shape index (κ3) is 5.36. The van der Waals surface area contributed by atoms with Crippen LogP contribution in [0.1, 0.15) is 11.1 Å². The van der Waals surface area contributed by atoms with Crippen molar-refractivity contribution >= 4 is 33.3 Å². The third-order valence-electron chi connectivity index (χ3n) is 3.59. The van der Waals surface area contributed by atoms with Crippen molar-refractivity contribution in [3.63, 3.8) is 0 Å². The molecular formula is C18H16F3NO3S2. The highest BCUT2D eigenvalue weighted by molar-refractivity contribution is 8.03. The van der Waals surface area contributed by atoms with Crippen molar-refractivity contribution in [2.45, 2.75) is 17.3 Å². The summed E-state index contributed by atoms with van der Waals surface area (Å²) in [4.78, 5) is 12.6. The fourth-order valence-electron chi connectivity index (χ4n) is 2.13. The first-order valence-corrected chi connectivity index (χ1v) is 9.94. The molecule has 4 nitrogen and oxygen atoms in total. The van der Waals surface area contributed by atoms with E-state index in [-0.39, 0.29) is 16.0 Å². The summed E-state index contributed by atoms with van der Waals surface area (Å²) in [7, 11) is -3.19. The zero-order valence-corrected chi connectivity index (χ0v) is 16.0. The predicted octanol–water partition coefficient (Wildman–Crippen LogP) is 4.44. The van der Waals surface area contributed by atoms with Gasteiger partial charge in [0.2, 0.25) is 0 Å². The van der Waals surface area contributed by atoms with Crippen molar-refractivity contribution in [1.29, 1.82) is 0 Å². The van der Waals surface area contributed by atoms with E-state index in [2.05, 4.69) is 0 Å². The summed E-state index contributed by atoms with van der Waals surface area (Å²) in [6.45, 7) is 1.77. The molecule has 1 amide bonds. The standard InChI is InChI=1S/C18H16F3NO3S2/c1-13-8-10-15(11-9-13)27(24,25)22(2)17(23)16(12-26-18(19,20)21)14-6-4-3-5-7-14/h3-12H,1-2H3. The number of carbonyl (C=O) groups excluding carboxylic acids is 1. The molecule has 0 aliphatic carbocycles. The number of thioether (sulfide) groups is 1. The first-order valence-electron chi connectivity index (χ1n) is 7.62. The van der Waals surface area contributed by atoms with Gasteiger partial charge in [0.1, 0.15) is 0 Å². The molecule has 2 rings (SSSR count). The number of nitrogens with zero attached hydrogens (tertiary/aromatic N) is 1. The first-order chi connectivity index (χ1) is 12.5. The quantitative estimate of drug-likeness (QED) is 0.678. The number of benzene rings is 2. The van der Waals surface area contributed by atoms with Crippen LogP contribution in [0.3, 0.4) is 0 Å². The number of likely N-dealkylation sites (N-methyl/N-ethyl adjacent to an activating group) is 1. The molecule has 0 aliphatic heterocycles. The van der Waals surface area contributed by atoms with Gasteiger partial charge in [-0.15, -0.1) is 0 Å². The molecule has 2 aromatic carbocycles. The molecular weight excluding hydrogens is 399 g/mol. The van der Waals surface area contributed by atoms with Crippen LogP contribution in [0.2, 0.25) is 0 Å². The van der Waals surface area contributed by atoms with Gasteiger partial charge in [0.25, 0.3) is 15.9 Å². The van der Waals surface area contributed by atoms with Crippen molar-refractivity contribution < 1.29 is 26.4 Å². The number of aryl methyl sites for hydroxylation is 1. The zero-order valence-electron chi connectivity index (χ0n) is 14.4. The molecule has 0 fully saturated rings. The molecule has 144 valence electrons. The summed E-state index contributed by atoms with van der Waals surface area (Å²) in [5.74, 6) is -1.06. The Morgan fingerprint density at radius 3 is 2.11 bits per heavy atom. The minimum atomic E-state index is -4.60. The molecule has 0 heterocycles. The van der Waals surface area contributed by atoms with Crippen LogP contribution in [0.25, 0.3) is 5.57 Å². The number of hydrogen-bond donors (Lipinski definition) is 0. The number of rotatable bonds is 5. The van der Waals surface area contributed by atoms with E-state index in [0.29, 0.717) is 9.71 Å². The van der Waals surface area contributed by atoms with Crippen LogP contribution in [0, 0.1) is 6.92 Å². The van der Waals surface area contributed by atoms with Gasteiger partial charge in [-0.25, -0.2) is 12.7 Å². The largest absolute Gasteiger partial charge is 0.445 e. The van der Waals surface area contributed by atoms with Crippen LogP contribution < -0.4 is 0 Å². The van der Waals surface area contributed by atoms with Crippen molar-refractivity contribution in [3.05, 3.63) is 71.1 Å². The van der Waals surface area contributed by atoms with Crippen LogP contribution in [0.4, 0.5) is 13.2 Å². The average molecular weight is 415 g/mol. The molecule has 0 aromatic heterocycles. The van der Waals surface area contributed by atoms with E-state index in [1.165, 1.54) is 24.3 Å². The lowest BCUT2D eigenvalue weighted by Crippen LogP contribution is -2.33. The predicted molar refractivity (Wildman–Crippen MR) is 99.2 cm³/mol. The fourth-order valence-corrected chi connectivity index (χ4v) is 3.73. The molecule has 2 aromatic rings. The maximum absolute atomic E-state index is 12.7. The molecule has 0 N–H and O–H groups in total. The molecule has 9 heteroatoms. The summed E-state index contributed by atoms with van der Waals surface area (Å²) in [5.41, 5.74) is -3.95. The molecule has 0 saturated carbocycles. The Morgan fingerprint density at radius 2 is 1.59 bits per heavy atom. The SMILES string of the molecule is Cc1ccc(S(=O)(=O)N(C)C(=O)C(=CSC(F)(F)F)c2ccccc2)cc1. The fraction of sp³-hybridized carbons (Fsp3) is 0.167. The topological polar surface area (TPSA) is 54.5 Å². The minimum absolute atomic E-state index is 0.125. The van der Waals surface area contributed by atoms with E-state index in [0.717, 1.165) is 12.6 Å². The average Bonchev–Trinajstić information content (AvgIpc) is 2.61. The summed E-state index contributed by atoms with van der Waals surface area (Å²) in [5, 5.41) is 0.624. The van der Waals surface area contributed by atoms with Crippen LogP contribution in [0.15, 0.2) is 64.9 Å². The highest BCUT2D eigenvalue weighted by Gasteiger charge is 2.31. The summed E-state index contributed by atoms with van der Waals surface area (Å²) in [6, 6.07) is 13.4. The van der Waals surface area contributed by atoms with E-state index in [1.54, 1.807) is 37.3 Å². The Bertz CT molecular complexity index is 938. The monoisotopic (exact) mass is 415 g/mol.